The van der Waals surface area contributed by atoms with Crippen molar-refractivity contribution in [3.05, 3.63) is 89.5 Å². The van der Waals surface area contributed by atoms with Crippen LogP contribution in [0.15, 0.2) is 66.7 Å². The Hall–Kier alpha value is -3.08. The van der Waals surface area contributed by atoms with Gasteiger partial charge in [-0.2, -0.15) is 13.2 Å². The second-order valence-electron chi connectivity index (χ2n) is 9.86. The van der Waals surface area contributed by atoms with E-state index in [1.54, 1.807) is 12.1 Å². The molecule has 0 spiro atoms. The molecular formula is C31H33F3NO. The third kappa shape index (κ3) is 6.77. The molecule has 189 valence electrons. The van der Waals surface area contributed by atoms with Gasteiger partial charge in [0.05, 0.1) is 5.56 Å². The molecule has 0 bridgehead atoms. The molecule has 1 N–H and O–H groups in total. The SMILES string of the molecule is CCCCC[C@H]1CC[C@H](c2ccc(-c3ccc(C(=O)Nc4cc[c]c(C(F)(F)F)c4)cc3)cc2)CC1. The van der Waals surface area contributed by atoms with Crippen LogP contribution in [0.1, 0.15) is 85.7 Å². The highest BCUT2D eigenvalue weighted by Crippen LogP contribution is 2.38. The van der Waals surface area contributed by atoms with Gasteiger partial charge in [0.1, 0.15) is 0 Å². The molecule has 1 radical (unpaired) electrons. The smallest absolute Gasteiger partial charge is 0.322 e. The third-order valence-electron chi connectivity index (χ3n) is 7.29. The lowest BCUT2D eigenvalue weighted by Gasteiger charge is -2.29. The minimum absolute atomic E-state index is 0.0840. The fourth-order valence-electron chi connectivity index (χ4n) is 5.14. The van der Waals surface area contributed by atoms with Crippen molar-refractivity contribution < 1.29 is 18.0 Å². The number of anilines is 1. The van der Waals surface area contributed by atoms with Crippen molar-refractivity contribution >= 4 is 11.6 Å². The van der Waals surface area contributed by atoms with Gasteiger partial charge < -0.3 is 5.32 Å². The number of alkyl halides is 3. The van der Waals surface area contributed by atoms with E-state index in [0.717, 1.165) is 29.2 Å². The molecule has 1 saturated carbocycles. The summed E-state index contributed by atoms with van der Waals surface area (Å²) in [7, 11) is 0. The van der Waals surface area contributed by atoms with E-state index in [1.165, 1.54) is 63.0 Å². The Bertz CT molecular complexity index is 1130. The van der Waals surface area contributed by atoms with E-state index in [4.69, 9.17) is 0 Å². The highest BCUT2D eigenvalue weighted by atomic mass is 19.4. The molecule has 1 aliphatic carbocycles. The molecule has 36 heavy (non-hydrogen) atoms. The zero-order valence-electron chi connectivity index (χ0n) is 20.7. The minimum Gasteiger partial charge on any atom is -0.322 e. The number of halogens is 3. The van der Waals surface area contributed by atoms with Gasteiger partial charge in [0.25, 0.3) is 5.91 Å². The summed E-state index contributed by atoms with van der Waals surface area (Å²) >= 11 is 0. The zero-order valence-corrected chi connectivity index (χ0v) is 20.7. The van der Waals surface area contributed by atoms with Gasteiger partial charge in [-0.15, -0.1) is 0 Å². The number of carbonyl (C=O) groups is 1. The van der Waals surface area contributed by atoms with Crippen LogP contribution in [0.3, 0.4) is 0 Å². The van der Waals surface area contributed by atoms with Gasteiger partial charge in [0.2, 0.25) is 0 Å². The van der Waals surface area contributed by atoms with E-state index in [9.17, 15) is 18.0 Å². The van der Waals surface area contributed by atoms with Crippen LogP contribution in [0.5, 0.6) is 0 Å². The Morgan fingerprint density at radius 1 is 0.917 bits per heavy atom. The molecule has 4 rings (SSSR count). The van der Waals surface area contributed by atoms with Crippen molar-refractivity contribution in [1.82, 2.24) is 0 Å². The first kappa shape index (κ1) is 26.0. The van der Waals surface area contributed by atoms with Crippen LogP contribution in [0.2, 0.25) is 0 Å². The number of hydrogen-bond acceptors (Lipinski definition) is 1. The van der Waals surface area contributed by atoms with Crippen LogP contribution >= 0.6 is 0 Å². The molecule has 3 aromatic carbocycles. The molecule has 1 amide bonds. The van der Waals surface area contributed by atoms with E-state index < -0.39 is 17.6 Å². The monoisotopic (exact) mass is 492 g/mol. The summed E-state index contributed by atoms with van der Waals surface area (Å²) in [5.41, 5.74) is 3.02. The lowest BCUT2D eigenvalue weighted by molar-refractivity contribution is -0.137. The van der Waals surface area contributed by atoms with Crippen LogP contribution < -0.4 is 5.32 Å². The Morgan fingerprint density at radius 2 is 1.56 bits per heavy atom. The average molecular weight is 493 g/mol. The van der Waals surface area contributed by atoms with Crippen LogP contribution in [0.25, 0.3) is 11.1 Å². The molecule has 0 aromatic heterocycles. The maximum Gasteiger partial charge on any atom is 0.417 e. The summed E-state index contributed by atoms with van der Waals surface area (Å²) in [6.07, 6.45) is 6.07. The number of hydrogen-bond donors (Lipinski definition) is 1. The summed E-state index contributed by atoms with van der Waals surface area (Å²) in [5, 5.41) is 2.53. The normalized spacial score (nSPS) is 18.1. The van der Waals surface area contributed by atoms with Crippen molar-refractivity contribution in [2.45, 2.75) is 70.4 Å². The maximum absolute atomic E-state index is 12.9. The summed E-state index contributed by atoms with van der Waals surface area (Å²) in [6.45, 7) is 2.26. The fourth-order valence-corrected chi connectivity index (χ4v) is 5.14. The standard InChI is InChI=1S/C31H33F3NO/c1-2-3-4-6-22-9-11-23(12-10-22)24-13-15-25(16-14-24)26-17-19-27(20-18-26)30(36)35-29-8-5-7-28(21-29)31(32,33)34/h5,8,13-23H,2-4,6,9-12H2,1H3,(H,35,36)/t22-,23-. The molecule has 5 heteroatoms. The minimum atomic E-state index is -4.51. The highest BCUT2D eigenvalue weighted by molar-refractivity contribution is 6.04. The predicted octanol–water partition coefficient (Wildman–Crippen LogP) is 9.28. The summed E-state index contributed by atoms with van der Waals surface area (Å²) in [6, 6.07) is 21.4. The predicted molar refractivity (Wildman–Crippen MR) is 139 cm³/mol. The zero-order chi connectivity index (χ0) is 25.5. The lowest BCUT2D eigenvalue weighted by Crippen LogP contribution is -2.13. The number of rotatable bonds is 8. The van der Waals surface area contributed by atoms with Crippen LogP contribution in [0.4, 0.5) is 18.9 Å². The second-order valence-corrected chi connectivity index (χ2v) is 9.86. The summed E-state index contributed by atoms with van der Waals surface area (Å²) in [4.78, 5) is 12.5. The molecule has 0 unspecified atom stereocenters. The van der Waals surface area contributed by atoms with Gasteiger partial charge in [-0.05, 0) is 84.5 Å². The van der Waals surface area contributed by atoms with Gasteiger partial charge in [-0.25, -0.2) is 0 Å². The Morgan fingerprint density at radius 3 is 2.17 bits per heavy atom. The van der Waals surface area contributed by atoms with Crippen molar-refractivity contribution in [2.75, 3.05) is 5.32 Å². The van der Waals surface area contributed by atoms with Gasteiger partial charge in [-0.1, -0.05) is 75.1 Å². The van der Waals surface area contributed by atoms with Gasteiger partial charge in [-0.3, -0.25) is 4.79 Å². The largest absolute Gasteiger partial charge is 0.417 e. The van der Waals surface area contributed by atoms with Crippen molar-refractivity contribution in [3.8, 4) is 11.1 Å². The first-order valence-electron chi connectivity index (χ1n) is 12.9. The molecule has 0 heterocycles. The maximum atomic E-state index is 12.9. The Balaban J connectivity index is 1.34. The number of nitrogens with one attached hydrogen (secondary N) is 1. The number of amides is 1. The fraction of sp³-hybridized carbons (Fsp3) is 0.387. The summed E-state index contributed by atoms with van der Waals surface area (Å²) < 4.78 is 38.7. The molecule has 3 aromatic rings. The lowest BCUT2D eigenvalue weighted by atomic mass is 9.77. The van der Waals surface area contributed by atoms with Gasteiger partial charge >= 0.3 is 6.18 Å². The summed E-state index contributed by atoms with van der Waals surface area (Å²) in [5.74, 6) is 1.08. The van der Waals surface area contributed by atoms with E-state index in [0.29, 0.717) is 11.5 Å². The molecule has 1 aliphatic rings. The van der Waals surface area contributed by atoms with Crippen molar-refractivity contribution in [3.63, 3.8) is 0 Å². The van der Waals surface area contributed by atoms with Crippen molar-refractivity contribution in [1.29, 1.82) is 0 Å². The van der Waals surface area contributed by atoms with E-state index >= 15 is 0 Å². The van der Waals surface area contributed by atoms with Crippen LogP contribution in [-0.4, -0.2) is 5.91 Å². The molecule has 1 fully saturated rings. The quantitative estimate of drug-likeness (QED) is 0.312. The van der Waals surface area contributed by atoms with E-state index in [2.05, 4.69) is 42.6 Å². The van der Waals surface area contributed by atoms with Crippen LogP contribution in [-0.2, 0) is 6.18 Å². The Kier molecular flexibility index (Phi) is 8.50. The van der Waals surface area contributed by atoms with Crippen LogP contribution in [0, 0.1) is 12.0 Å². The first-order valence-corrected chi connectivity index (χ1v) is 12.9. The van der Waals surface area contributed by atoms with E-state index in [-0.39, 0.29) is 5.69 Å². The Labute approximate surface area is 211 Å². The number of unbranched alkanes of at least 4 members (excludes halogenated alkanes) is 2. The highest BCUT2D eigenvalue weighted by Gasteiger charge is 2.31. The third-order valence-corrected chi connectivity index (χ3v) is 7.29. The molecule has 0 atom stereocenters. The molecular weight excluding hydrogens is 459 g/mol. The molecule has 2 nitrogen and oxygen atoms in total. The van der Waals surface area contributed by atoms with Gasteiger partial charge in [0.15, 0.2) is 0 Å². The topological polar surface area (TPSA) is 29.1 Å². The van der Waals surface area contributed by atoms with Gasteiger partial charge in [0, 0.05) is 11.3 Å². The van der Waals surface area contributed by atoms with E-state index in [1.807, 2.05) is 12.1 Å². The first-order chi connectivity index (χ1) is 17.3. The average Bonchev–Trinajstić information content (AvgIpc) is 2.89. The van der Waals surface area contributed by atoms with Crippen molar-refractivity contribution in [2.24, 2.45) is 5.92 Å². The molecule has 0 aliphatic heterocycles. The number of benzene rings is 3. The molecule has 0 saturated heterocycles. The second kappa shape index (κ2) is 11.8. The number of carbonyl (C=O) groups excluding carboxylic acids is 1.